The Hall–Kier alpha value is -0.800. The zero-order valence-corrected chi connectivity index (χ0v) is 10.7. The molecule has 6 heteroatoms. The fourth-order valence-corrected chi connectivity index (χ4v) is 1.47. The lowest BCUT2D eigenvalue weighted by molar-refractivity contribution is -0.138. The Morgan fingerprint density at radius 3 is 2.29 bits per heavy atom. The highest BCUT2D eigenvalue weighted by molar-refractivity contribution is 5.04. The monoisotopic (exact) mass is 251 g/mol. The zero-order valence-electron chi connectivity index (χ0n) is 10.7. The number of rotatable bonds is 6. The minimum absolute atomic E-state index is 0.0457. The van der Waals surface area contributed by atoms with Gasteiger partial charge in [0.05, 0.1) is 12.5 Å². The quantitative estimate of drug-likeness (QED) is 0.786. The van der Waals surface area contributed by atoms with Gasteiger partial charge >= 0.3 is 6.18 Å². The highest BCUT2D eigenvalue weighted by atomic mass is 19.4. The average Bonchev–Trinajstić information content (AvgIpc) is 2.24. The molecule has 0 fully saturated rings. The van der Waals surface area contributed by atoms with E-state index in [1.807, 2.05) is 6.92 Å². The number of hydrogen-bond donors (Lipinski definition) is 1. The summed E-state index contributed by atoms with van der Waals surface area (Å²) in [5, 5.41) is 11.8. The Balaban J connectivity index is 4.24. The molecule has 0 aliphatic rings. The van der Waals surface area contributed by atoms with Crippen LogP contribution in [0.3, 0.4) is 0 Å². The summed E-state index contributed by atoms with van der Waals surface area (Å²) in [7, 11) is 3.31. The predicted molar refractivity (Wildman–Crippen MR) is 60.5 cm³/mol. The summed E-state index contributed by atoms with van der Waals surface area (Å²) in [4.78, 5) is 1.63. The van der Waals surface area contributed by atoms with Crippen LogP contribution in [0.25, 0.3) is 0 Å². The highest BCUT2D eigenvalue weighted by Crippen LogP contribution is 2.21. The van der Waals surface area contributed by atoms with Gasteiger partial charge in [0, 0.05) is 12.6 Å². The molecule has 1 N–H and O–H groups in total. The van der Waals surface area contributed by atoms with Crippen molar-refractivity contribution in [3.05, 3.63) is 0 Å². The first kappa shape index (κ1) is 16.2. The summed E-state index contributed by atoms with van der Waals surface area (Å²) in [5.41, 5.74) is -0.702. The molecule has 0 aliphatic heterocycles. The van der Waals surface area contributed by atoms with Gasteiger partial charge in [-0.05, 0) is 34.4 Å². The van der Waals surface area contributed by atoms with Gasteiger partial charge in [-0.2, -0.15) is 18.4 Å². The molecular weight excluding hydrogens is 231 g/mol. The van der Waals surface area contributed by atoms with Crippen molar-refractivity contribution in [2.45, 2.75) is 44.4 Å². The third-order valence-corrected chi connectivity index (χ3v) is 3.00. The fourth-order valence-electron chi connectivity index (χ4n) is 1.47. The zero-order chi connectivity index (χ0) is 13.7. The summed E-state index contributed by atoms with van der Waals surface area (Å²) < 4.78 is 36.2. The average molecular weight is 251 g/mol. The summed E-state index contributed by atoms with van der Waals surface area (Å²) in [6.07, 6.45) is -4.47. The SMILES string of the molecule is CNC(C)(C#N)CC(C)N(C)CCC(F)(F)F. The Bertz CT molecular complexity index is 272. The molecular formula is C11H20F3N3. The van der Waals surface area contributed by atoms with Crippen molar-refractivity contribution in [2.24, 2.45) is 0 Å². The summed E-state index contributed by atoms with van der Waals surface area (Å²) in [6, 6.07) is 2.04. The fraction of sp³-hybridized carbons (Fsp3) is 0.909. The van der Waals surface area contributed by atoms with Crippen LogP contribution in [0, 0.1) is 11.3 Å². The van der Waals surface area contributed by atoms with E-state index in [9.17, 15) is 13.2 Å². The first-order chi connectivity index (χ1) is 7.63. The number of nitriles is 1. The third-order valence-electron chi connectivity index (χ3n) is 3.00. The standard InChI is InChI=1S/C11H20F3N3/c1-9(7-10(2,8-15)16-3)17(4)6-5-11(12,13)14/h9,16H,5-7H2,1-4H3. The maximum atomic E-state index is 12.1. The summed E-state index contributed by atoms with van der Waals surface area (Å²) in [5.74, 6) is 0. The van der Waals surface area contributed by atoms with Crippen molar-refractivity contribution in [3.8, 4) is 6.07 Å². The van der Waals surface area contributed by atoms with Gasteiger partial charge in [0.25, 0.3) is 0 Å². The van der Waals surface area contributed by atoms with Gasteiger partial charge in [0.15, 0.2) is 0 Å². The molecule has 0 heterocycles. The van der Waals surface area contributed by atoms with Gasteiger partial charge < -0.3 is 10.2 Å². The van der Waals surface area contributed by atoms with Crippen LogP contribution in [0.15, 0.2) is 0 Å². The lowest BCUT2D eigenvalue weighted by atomic mass is 9.95. The van der Waals surface area contributed by atoms with Crippen molar-refractivity contribution in [2.75, 3.05) is 20.6 Å². The second-order valence-corrected chi connectivity index (χ2v) is 4.59. The van der Waals surface area contributed by atoms with Crippen LogP contribution >= 0.6 is 0 Å². The van der Waals surface area contributed by atoms with Crippen molar-refractivity contribution in [1.82, 2.24) is 10.2 Å². The highest BCUT2D eigenvalue weighted by Gasteiger charge is 2.30. The second kappa shape index (κ2) is 6.22. The number of nitrogens with zero attached hydrogens (tertiary/aromatic N) is 2. The number of halogens is 3. The van der Waals surface area contributed by atoms with E-state index in [-0.39, 0.29) is 12.6 Å². The topological polar surface area (TPSA) is 39.1 Å². The molecule has 0 aliphatic carbocycles. The maximum absolute atomic E-state index is 12.1. The molecule has 0 rings (SSSR count). The van der Waals surface area contributed by atoms with Crippen molar-refractivity contribution < 1.29 is 13.2 Å². The van der Waals surface area contributed by atoms with E-state index in [4.69, 9.17) is 5.26 Å². The number of alkyl halides is 3. The first-order valence-electron chi connectivity index (χ1n) is 5.50. The smallest absolute Gasteiger partial charge is 0.303 e. The molecule has 0 bridgehead atoms. The molecule has 17 heavy (non-hydrogen) atoms. The summed E-state index contributed by atoms with van der Waals surface area (Å²) >= 11 is 0. The lowest BCUT2D eigenvalue weighted by Gasteiger charge is -2.31. The molecule has 3 nitrogen and oxygen atoms in total. The van der Waals surface area contributed by atoms with E-state index in [1.54, 1.807) is 25.9 Å². The van der Waals surface area contributed by atoms with E-state index >= 15 is 0 Å². The van der Waals surface area contributed by atoms with E-state index in [2.05, 4.69) is 11.4 Å². The largest absolute Gasteiger partial charge is 0.390 e. The van der Waals surface area contributed by atoms with Crippen molar-refractivity contribution in [1.29, 1.82) is 5.26 Å². The second-order valence-electron chi connectivity index (χ2n) is 4.59. The number of hydrogen-bond acceptors (Lipinski definition) is 3. The van der Waals surface area contributed by atoms with Crippen LogP contribution in [0.5, 0.6) is 0 Å². The molecule has 2 unspecified atom stereocenters. The number of nitrogens with one attached hydrogen (secondary N) is 1. The van der Waals surface area contributed by atoms with E-state index in [1.165, 1.54) is 0 Å². The minimum Gasteiger partial charge on any atom is -0.303 e. The maximum Gasteiger partial charge on any atom is 0.390 e. The van der Waals surface area contributed by atoms with Crippen LogP contribution < -0.4 is 5.32 Å². The molecule has 0 radical (unpaired) electrons. The molecule has 0 spiro atoms. The molecule has 2 atom stereocenters. The summed E-state index contributed by atoms with van der Waals surface area (Å²) in [6.45, 7) is 3.51. The molecule has 0 aromatic carbocycles. The lowest BCUT2D eigenvalue weighted by Crippen LogP contribution is -2.45. The van der Waals surface area contributed by atoms with Crippen LogP contribution in [0.4, 0.5) is 13.2 Å². The van der Waals surface area contributed by atoms with E-state index < -0.39 is 18.1 Å². The van der Waals surface area contributed by atoms with Crippen LogP contribution in [-0.4, -0.2) is 43.3 Å². The van der Waals surface area contributed by atoms with E-state index in [0.29, 0.717) is 6.42 Å². The molecule has 0 amide bonds. The Labute approximate surface area is 101 Å². The van der Waals surface area contributed by atoms with Gasteiger partial charge in [-0.25, -0.2) is 0 Å². The van der Waals surface area contributed by atoms with Gasteiger partial charge in [0.1, 0.15) is 5.54 Å². The Morgan fingerprint density at radius 1 is 1.41 bits per heavy atom. The molecule has 0 saturated heterocycles. The van der Waals surface area contributed by atoms with Gasteiger partial charge in [-0.15, -0.1) is 0 Å². The normalized spacial score (nSPS) is 17.6. The minimum atomic E-state index is -4.13. The van der Waals surface area contributed by atoms with Crippen molar-refractivity contribution in [3.63, 3.8) is 0 Å². The third kappa shape index (κ3) is 6.49. The molecule has 0 saturated carbocycles. The van der Waals surface area contributed by atoms with Gasteiger partial charge in [-0.3, -0.25) is 0 Å². The van der Waals surface area contributed by atoms with Crippen LogP contribution in [0.1, 0.15) is 26.7 Å². The first-order valence-corrected chi connectivity index (χ1v) is 5.50. The Morgan fingerprint density at radius 2 is 1.94 bits per heavy atom. The van der Waals surface area contributed by atoms with Gasteiger partial charge in [-0.1, -0.05) is 0 Å². The molecule has 0 aromatic rings. The van der Waals surface area contributed by atoms with Crippen LogP contribution in [0.2, 0.25) is 0 Å². The van der Waals surface area contributed by atoms with Gasteiger partial charge in [0.2, 0.25) is 0 Å². The van der Waals surface area contributed by atoms with E-state index in [0.717, 1.165) is 0 Å². The predicted octanol–water partition coefficient (Wildman–Crippen LogP) is 2.15. The van der Waals surface area contributed by atoms with Crippen LogP contribution in [-0.2, 0) is 0 Å². The molecule has 100 valence electrons. The van der Waals surface area contributed by atoms with Crippen molar-refractivity contribution >= 4 is 0 Å². The Kier molecular flexibility index (Phi) is 5.93. The molecule has 0 aromatic heterocycles.